The van der Waals surface area contributed by atoms with E-state index in [4.69, 9.17) is 16.9 Å². The average Bonchev–Trinajstić information content (AvgIpc) is 2.19. The Morgan fingerprint density at radius 1 is 1.47 bits per heavy atom. The van der Waals surface area contributed by atoms with Gasteiger partial charge in [0.05, 0.1) is 6.07 Å². The number of nitrogens with zero attached hydrogens (tertiary/aromatic N) is 2. The van der Waals surface area contributed by atoms with Crippen LogP contribution < -0.4 is 0 Å². The molecule has 15 heavy (non-hydrogen) atoms. The number of hydrogen-bond donors (Lipinski definition) is 0. The lowest BCUT2D eigenvalue weighted by atomic mass is 10.1. The second kappa shape index (κ2) is 5.55. The van der Waals surface area contributed by atoms with Crippen molar-refractivity contribution in [1.29, 1.82) is 5.26 Å². The summed E-state index contributed by atoms with van der Waals surface area (Å²) >= 11 is 5.99. The third kappa shape index (κ3) is 3.75. The maximum Gasteiger partial charge on any atom is 0.0961 e. The zero-order chi connectivity index (χ0) is 11.3. The fraction of sp³-hybridized carbons (Fsp3) is 0.250. The molecule has 0 saturated heterocycles. The molecule has 0 aromatic heterocycles. The molecule has 0 atom stereocenters. The normalized spacial score (nSPS) is 11.5. The van der Waals surface area contributed by atoms with Crippen LogP contribution in [0.4, 0.5) is 0 Å². The number of hydrogen-bond acceptors (Lipinski definition) is 2. The SMILES string of the molecule is CN(C)C/C(C#N)=C/c1ccccc1Cl. The van der Waals surface area contributed by atoms with Crippen LogP contribution in [0.5, 0.6) is 0 Å². The molecule has 0 aliphatic carbocycles. The molecule has 0 fully saturated rings. The van der Waals surface area contributed by atoms with E-state index in [1.165, 1.54) is 0 Å². The van der Waals surface area contributed by atoms with Gasteiger partial charge >= 0.3 is 0 Å². The Bertz CT molecular complexity index is 402. The van der Waals surface area contributed by atoms with Crippen LogP contribution in [0.3, 0.4) is 0 Å². The first-order chi connectivity index (χ1) is 7.13. The van der Waals surface area contributed by atoms with E-state index in [9.17, 15) is 0 Å². The van der Waals surface area contributed by atoms with Crippen molar-refractivity contribution in [2.24, 2.45) is 0 Å². The molecule has 1 rings (SSSR count). The van der Waals surface area contributed by atoms with Crippen molar-refractivity contribution in [2.75, 3.05) is 20.6 Å². The zero-order valence-electron chi connectivity index (χ0n) is 8.87. The zero-order valence-corrected chi connectivity index (χ0v) is 9.62. The summed E-state index contributed by atoms with van der Waals surface area (Å²) in [5, 5.41) is 9.61. The number of rotatable bonds is 3. The number of nitriles is 1. The topological polar surface area (TPSA) is 27.0 Å². The van der Waals surface area contributed by atoms with Crippen LogP contribution in [-0.2, 0) is 0 Å². The molecule has 1 aromatic rings. The predicted molar refractivity (Wildman–Crippen MR) is 63.6 cm³/mol. The third-order valence-corrected chi connectivity index (χ3v) is 2.21. The largest absolute Gasteiger partial charge is 0.304 e. The molecule has 0 saturated carbocycles. The Kier molecular flexibility index (Phi) is 4.36. The Labute approximate surface area is 95.4 Å². The van der Waals surface area contributed by atoms with Crippen molar-refractivity contribution in [3.05, 3.63) is 40.4 Å². The highest BCUT2D eigenvalue weighted by Gasteiger charge is 2.00. The lowest BCUT2D eigenvalue weighted by Gasteiger charge is -2.08. The van der Waals surface area contributed by atoms with Gasteiger partial charge in [0.1, 0.15) is 0 Å². The van der Waals surface area contributed by atoms with E-state index < -0.39 is 0 Å². The van der Waals surface area contributed by atoms with E-state index >= 15 is 0 Å². The maximum atomic E-state index is 8.94. The summed E-state index contributed by atoms with van der Waals surface area (Å²) in [7, 11) is 3.86. The molecule has 3 heteroatoms. The van der Waals surface area contributed by atoms with Gasteiger partial charge in [-0.1, -0.05) is 29.8 Å². The molecule has 78 valence electrons. The molecule has 0 unspecified atom stereocenters. The fourth-order valence-electron chi connectivity index (χ4n) is 1.23. The molecule has 0 spiro atoms. The highest BCUT2D eigenvalue weighted by molar-refractivity contribution is 6.32. The summed E-state index contributed by atoms with van der Waals surface area (Å²) in [6.07, 6.45) is 1.82. The first-order valence-corrected chi connectivity index (χ1v) is 5.01. The Morgan fingerprint density at radius 3 is 2.67 bits per heavy atom. The molecular weight excluding hydrogens is 208 g/mol. The lowest BCUT2D eigenvalue weighted by Crippen LogP contribution is -2.14. The van der Waals surface area contributed by atoms with Crippen LogP contribution in [0.1, 0.15) is 5.56 Å². The van der Waals surface area contributed by atoms with Crippen LogP contribution in [0.2, 0.25) is 5.02 Å². The maximum absolute atomic E-state index is 8.94. The van der Waals surface area contributed by atoms with Crippen molar-refractivity contribution < 1.29 is 0 Å². The summed E-state index contributed by atoms with van der Waals surface area (Å²) in [6, 6.07) is 9.66. The van der Waals surface area contributed by atoms with Gasteiger partial charge in [0.15, 0.2) is 0 Å². The summed E-state index contributed by atoms with van der Waals surface area (Å²) in [4.78, 5) is 1.95. The molecule has 2 nitrogen and oxygen atoms in total. The van der Waals surface area contributed by atoms with Crippen molar-refractivity contribution >= 4 is 17.7 Å². The standard InChI is InChI=1S/C12H13ClN2/c1-15(2)9-10(8-14)7-11-5-3-4-6-12(11)13/h3-7H,9H2,1-2H3/b10-7+. The quantitative estimate of drug-likeness (QED) is 0.733. The van der Waals surface area contributed by atoms with E-state index in [2.05, 4.69) is 6.07 Å². The summed E-state index contributed by atoms with van der Waals surface area (Å²) < 4.78 is 0. The first-order valence-electron chi connectivity index (χ1n) is 4.63. The Hall–Kier alpha value is -1.30. The number of benzene rings is 1. The van der Waals surface area contributed by atoms with E-state index in [0.717, 1.165) is 5.56 Å². The van der Waals surface area contributed by atoms with Crippen LogP contribution >= 0.6 is 11.6 Å². The monoisotopic (exact) mass is 220 g/mol. The number of halogens is 1. The number of likely N-dealkylation sites (N-methyl/N-ethyl adjacent to an activating group) is 1. The van der Waals surface area contributed by atoms with Gasteiger partial charge in [-0.05, 0) is 31.8 Å². The molecule has 1 aromatic carbocycles. The summed E-state index contributed by atoms with van der Waals surface area (Å²) in [6.45, 7) is 0.627. The van der Waals surface area contributed by atoms with Gasteiger partial charge in [-0.25, -0.2) is 0 Å². The molecule has 0 bridgehead atoms. The second-order valence-corrected chi connectivity index (χ2v) is 3.95. The summed E-state index contributed by atoms with van der Waals surface area (Å²) in [5.74, 6) is 0. The van der Waals surface area contributed by atoms with Gasteiger partial charge < -0.3 is 4.90 Å². The fourth-order valence-corrected chi connectivity index (χ4v) is 1.42. The highest BCUT2D eigenvalue weighted by atomic mass is 35.5. The molecular formula is C12H13ClN2. The van der Waals surface area contributed by atoms with E-state index in [1.807, 2.05) is 49.3 Å². The smallest absolute Gasteiger partial charge is 0.0961 e. The summed E-state index contributed by atoms with van der Waals surface area (Å²) in [5.41, 5.74) is 1.59. The molecule has 0 radical (unpaired) electrons. The second-order valence-electron chi connectivity index (χ2n) is 3.54. The minimum atomic E-state index is 0.627. The van der Waals surface area contributed by atoms with Gasteiger partial charge in [-0.2, -0.15) is 5.26 Å². The minimum Gasteiger partial charge on any atom is -0.304 e. The van der Waals surface area contributed by atoms with Crippen LogP contribution in [0, 0.1) is 11.3 Å². The predicted octanol–water partition coefficient (Wildman–Crippen LogP) is 2.81. The molecule has 0 aliphatic heterocycles. The van der Waals surface area contributed by atoms with E-state index in [-0.39, 0.29) is 0 Å². The van der Waals surface area contributed by atoms with Crippen molar-refractivity contribution in [3.8, 4) is 6.07 Å². The van der Waals surface area contributed by atoms with Crippen molar-refractivity contribution in [2.45, 2.75) is 0 Å². The Balaban J connectivity index is 2.95. The van der Waals surface area contributed by atoms with Crippen molar-refractivity contribution in [1.82, 2.24) is 4.90 Å². The van der Waals surface area contributed by atoms with Gasteiger partial charge in [-0.15, -0.1) is 0 Å². The molecule has 0 heterocycles. The van der Waals surface area contributed by atoms with Gasteiger partial charge in [0.25, 0.3) is 0 Å². The molecule has 0 aliphatic rings. The highest BCUT2D eigenvalue weighted by Crippen LogP contribution is 2.18. The van der Waals surface area contributed by atoms with Gasteiger partial charge in [0, 0.05) is 17.1 Å². The third-order valence-electron chi connectivity index (χ3n) is 1.87. The molecule has 0 N–H and O–H groups in total. The Morgan fingerprint density at radius 2 is 2.13 bits per heavy atom. The van der Waals surface area contributed by atoms with E-state index in [0.29, 0.717) is 17.1 Å². The average molecular weight is 221 g/mol. The molecule has 0 amide bonds. The first kappa shape index (κ1) is 11.8. The van der Waals surface area contributed by atoms with Crippen LogP contribution in [0.15, 0.2) is 29.8 Å². The van der Waals surface area contributed by atoms with E-state index in [1.54, 1.807) is 0 Å². The van der Waals surface area contributed by atoms with Crippen molar-refractivity contribution in [3.63, 3.8) is 0 Å². The van der Waals surface area contributed by atoms with Gasteiger partial charge in [-0.3, -0.25) is 0 Å². The lowest BCUT2D eigenvalue weighted by molar-refractivity contribution is 0.451. The van der Waals surface area contributed by atoms with Gasteiger partial charge in [0.2, 0.25) is 0 Å². The van der Waals surface area contributed by atoms with Crippen LogP contribution in [-0.4, -0.2) is 25.5 Å². The minimum absolute atomic E-state index is 0.627. The van der Waals surface area contributed by atoms with Crippen LogP contribution in [0.25, 0.3) is 6.08 Å².